The summed E-state index contributed by atoms with van der Waals surface area (Å²) in [6.07, 6.45) is 2.58. The summed E-state index contributed by atoms with van der Waals surface area (Å²) in [6, 6.07) is 16.5. The highest BCUT2D eigenvalue weighted by molar-refractivity contribution is 5.46. The molecule has 4 nitrogen and oxygen atoms in total. The molecule has 1 unspecified atom stereocenters. The summed E-state index contributed by atoms with van der Waals surface area (Å²) >= 11 is 0. The van der Waals surface area contributed by atoms with Crippen LogP contribution in [0.25, 0.3) is 0 Å². The van der Waals surface area contributed by atoms with Crippen molar-refractivity contribution in [1.82, 2.24) is 0 Å². The number of para-hydroxylation sites is 1. The quantitative estimate of drug-likeness (QED) is 0.482. The van der Waals surface area contributed by atoms with Crippen molar-refractivity contribution >= 4 is 11.4 Å². The molecule has 0 spiro atoms. The van der Waals surface area contributed by atoms with Crippen LogP contribution in [-0.2, 0) is 0 Å². The average molecular weight is 268 g/mol. The number of hydrogen-bond acceptors (Lipinski definition) is 3. The molecule has 0 aliphatic heterocycles. The van der Waals surface area contributed by atoms with Crippen molar-refractivity contribution in [2.24, 2.45) is 0 Å². The topological polar surface area (TPSA) is 55.2 Å². The summed E-state index contributed by atoms with van der Waals surface area (Å²) < 4.78 is 0. The van der Waals surface area contributed by atoms with E-state index in [0.717, 1.165) is 17.7 Å². The van der Waals surface area contributed by atoms with Crippen LogP contribution in [0, 0.1) is 10.1 Å². The molecule has 20 heavy (non-hydrogen) atoms. The van der Waals surface area contributed by atoms with E-state index in [4.69, 9.17) is 0 Å². The maximum atomic E-state index is 10.7. The van der Waals surface area contributed by atoms with Crippen LogP contribution in [0.1, 0.15) is 18.0 Å². The van der Waals surface area contributed by atoms with Crippen LogP contribution < -0.4 is 5.32 Å². The highest BCUT2D eigenvalue weighted by Gasteiger charge is 2.12. The molecule has 0 aromatic heterocycles. The lowest BCUT2D eigenvalue weighted by Gasteiger charge is -2.19. The zero-order chi connectivity index (χ0) is 14.4. The molecule has 0 bridgehead atoms. The summed E-state index contributed by atoms with van der Waals surface area (Å²) in [5, 5.41) is 14.1. The molecule has 0 aliphatic rings. The molecule has 2 rings (SSSR count). The molecule has 102 valence electrons. The Kier molecular flexibility index (Phi) is 4.50. The van der Waals surface area contributed by atoms with Crippen LogP contribution in [0.15, 0.2) is 67.3 Å². The van der Waals surface area contributed by atoms with Gasteiger partial charge in [-0.1, -0.05) is 36.4 Å². The molecule has 0 fully saturated rings. The minimum absolute atomic E-state index is 0.0516. The molecule has 0 saturated heterocycles. The predicted octanol–water partition coefficient (Wildman–Crippen LogP) is 4.32. The standard InChI is InChI=1S/C16H16N2O2/c1-2-6-16(17-14-7-4-3-5-8-14)13-9-11-15(12-10-13)18(19)20/h2-5,7-12,16-17H,1,6H2. The van der Waals surface area contributed by atoms with E-state index in [-0.39, 0.29) is 11.7 Å². The molecule has 0 saturated carbocycles. The molecule has 2 aromatic carbocycles. The zero-order valence-electron chi connectivity index (χ0n) is 11.0. The first-order valence-electron chi connectivity index (χ1n) is 6.37. The fourth-order valence-electron chi connectivity index (χ4n) is 2.01. The van der Waals surface area contributed by atoms with Crippen molar-refractivity contribution in [3.05, 3.63) is 82.9 Å². The van der Waals surface area contributed by atoms with Crippen molar-refractivity contribution < 1.29 is 4.92 Å². The first kappa shape index (κ1) is 13.8. The second kappa shape index (κ2) is 6.52. The number of hydrogen-bond donors (Lipinski definition) is 1. The van der Waals surface area contributed by atoms with Crippen LogP contribution in [0.2, 0.25) is 0 Å². The highest BCUT2D eigenvalue weighted by Crippen LogP contribution is 2.24. The van der Waals surface area contributed by atoms with Crippen molar-refractivity contribution in [2.75, 3.05) is 5.32 Å². The molecular weight excluding hydrogens is 252 g/mol. The van der Waals surface area contributed by atoms with E-state index in [1.54, 1.807) is 12.1 Å². The van der Waals surface area contributed by atoms with Crippen molar-refractivity contribution in [2.45, 2.75) is 12.5 Å². The molecule has 1 N–H and O–H groups in total. The van der Waals surface area contributed by atoms with Crippen molar-refractivity contribution in [3.63, 3.8) is 0 Å². The van der Waals surface area contributed by atoms with Gasteiger partial charge in [0.25, 0.3) is 5.69 Å². The molecule has 4 heteroatoms. The van der Waals surface area contributed by atoms with Crippen molar-refractivity contribution in [1.29, 1.82) is 0 Å². The van der Waals surface area contributed by atoms with Crippen LogP contribution in [0.3, 0.4) is 0 Å². The summed E-state index contributed by atoms with van der Waals surface area (Å²) in [5.41, 5.74) is 2.11. The first-order chi connectivity index (χ1) is 9.70. The van der Waals surface area contributed by atoms with Gasteiger partial charge >= 0.3 is 0 Å². The fourth-order valence-corrected chi connectivity index (χ4v) is 2.01. The van der Waals surface area contributed by atoms with E-state index in [9.17, 15) is 10.1 Å². The summed E-state index contributed by atoms with van der Waals surface area (Å²) in [7, 11) is 0. The number of non-ortho nitro benzene ring substituents is 1. The molecular formula is C16H16N2O2. The van der Waals surface area contributed by atoms with E-state index in [1.807, 2.05) is 36.4 Å². The Hall–Kier alpha value is -2.62. The van der Waals surface area contributed by atoms with Gasteiger partial charge in [-0.3, -0.25) is 10.1 Å². The maximum absolute atomic E-state index is 10.7. The van der Waals surface area contributed by atoms with Gasteiger partial charge in [0.05, 0.1) is 11.0 Å². The second-order valence-corrected chi connectivity index (χ2v) is 4.44. The lowest BCUT2D eigenvalue weighted by molar-refractivity contribution is -0.384. The number of nitrogens with one attached hydrogen (secondary N) is 1. The lowest BCUT2D eigenvalue weighted by Crippen LogP contribution is -2.09. The van der Waals surface area contributed by atoms with Crippen LogP contribution >= 0.6 is 0 Å². The summed E-state index contributed by atoms with van der Waals surface area (Å²) in [4.78, 5) is 10.3. The number of nitro groups is 1. The summed E-state index contributed by atoms with van der Waals surface area (Å²) in [5.74, 6) is 0. The third kappa shape index (κ3) is 3.45. The Bertz CT molecular complexity index is 579. The Balaban J connectivity index is 2.19. The third-order valence-corrected chi connectivity index (χ3v) is 3.02. The van der Waals surface area contributed by atoms with E-state index in [2.05, 4.69) is 11.9 Å². The van der Waals surface area contributed by atoms with Gasteiger partial charge in [-0.05, 0) is 24.1 Å². The average Bonchev–Trinajstić information content (AvgIpc) is 2.48. The largest absolute Gasteiger partial charge is 0.378 e. The Labute approximate surface area is 117 Å². The van der Waals surface area contributed by atoms with E-state index in [0.29, 0.717) is 0 Å². The molecule has 1 atom stereocenters. The zero-order valence-corrected chi connectivity index (χ0v) is 11.0. The van der Waals surface area contributed by atoms with Crippen molar-refractivity contribution in [3.8, 4) is 0 Å². The van der Waals surface area contributed by atoms with Gasteiger partial charge in [0.1, 0.15) is 0 Å². The molecule has 2 aromatic rings. The van der Waals surface area contributed by atoms with Gasteiger partial charge < -0.3 is 5.32 Å². The van der Waals surface area contributed by atoms with Crippen LogP contribution in [0.4, 0.5) is 11.4 Å². The molecule has 0 heterocycles. The predicted molar refractivity (Wildman–Crippen MR) is 80.7 cm³/mol. The molecule has 0 amide bonds. The number of nitrogens with zero attached hydrogens (tertiary/aromatic N) is 1. The number of rotatable bonds is 6. The number of benzene rings is 2. The van der Waals surface area contributed by atoms with Gasteiger partial charge in [0.2, 0.25) is 0 Å². The van der Waals surface area contributed by atoms with Gasteiger partial charge in [-0.25, -0.2) is 0 Å². The number of anilines is 1. The Morgan fingerprint density at radius 1 is 1.15 bits per heavy atom. The van der Waals surface area contributed by atoms with Gasteiger partial charge in [0, 0.05) is 17.8 Å². The van der Waals surface area contributed by atoms with Gasteiger partial charge in [-0.2, -0.15) is 0 Å². The Morgan fingerprint density at radius 2 is 1.80 bits per heavy atom. The van der Waals surface area contributed by atoms with Gasteiger partial charge in [0.15, 0.2) is 0 Å². The smallest absolute Gasteiger partial charge is 0.269 e. The second-order valence-electron chi connectivity index (χ2n) is 4.44. The molecule has 0 radical (unpaired) electrons. The van der Waals surface area contributed by atoms with Gasteiger partial charge in [-0.15, -0.1) is 6.58 Å². The summed E-state index contributed by atoms with van der Waals surface area (Å²) in [6.45, 7) is 3.77. The van der Waals surface area contributed by atoms with E-state index >= 15 is 0 Å². The SMILES string of the molecule is C=CCC(Nc1ccccc1)c1ccc([N+](=O)[O-])cc1. The van der Waals surface area contributed by atoms with E-state index < -0.39 is 4.92 Å². The molecule has 0 aliphatic carbocycles. The third-order valence-electron chi connectivity index (χ3n) is 3.02. The lowest BCUT2D eigenvalue weighted by atomic mass is 10.0. The monoisotopic (exact) mass is 268 g/mol. The van der Waals surface area contributed by atoms with E-state index in [1.165, 1.54) is 12.1 Å². The number of nitro benzene ring substituents is 1. The minimum atomic E-state index is -0.392. The van der Waals surface area contributed by atoms with Crippen LogP contribution in [-0.4, -0.2) is 4.92 Å². The minimum Gasteiger partial charge on any atom is -0.378 e. The fraction of sp³-hybridized carbons (Fsp3) is 0.125. The van der Waals surface area contributed by atoms with Crippen LogP contribution in [0.5, 0.6) is 0 Å². The Morgan fingerprint density at radius 3 is 2.35 bits per heavy atom. The maximum Gasteiger partial charge on any atom is 0.269 e. The normalized spacial score (nSPS) is 11.6. The first-order valence-corrected chi connectivity index (χ1v) is 6.37. The highest BCUT2D eigenvalue weighted by atomic mass is 16.6.